The van der Waals surface area contributed by atoms with E-state index in [2.05, 4.69) is 0 Å². The SMILES string of the molecule is COCCOCCOC(=O)OCOc1c2n(ccc1=O)N1CN(C2=O)C2(/C=C/COc3c(ccc(F)c3F)[C@H]1c1ccccc1)CCC2. The number of halogens is 2. The van der Waals surface area contributed by atoms with Crippen molar-refractivity contribution in [2.75, 3.05) is 58.6 Å². The molecule has 2 aliphatic heterocycles. The number of rotatable bonds is 10. The first-order valence-corrected chi connectivity index (χ1v) is 15.5. The van der Waals surface area contributed by atoms with Gasteiger partial charge >= 0.3 is 6.16 Å². The molecule has 1 spiro atoms. The number of ether oxygens (including phenoxy) is 6. The molecule has 3 aliphatic rings. The van der Waals surface area contributed by atoms with Gasteiger partial charge in [-0.1, -0.05) is 36.4 Å². The van der Waals surface area contributed by atoms with E-state index in [4.69, 9.17) is 28.4 Å². The monoisotopic (exact) mass is 667 g/mol. The van der Waals surface area contributed by atoms with Gasteiger partial charge in [0.1, 0.15) is 25.9 Å². The average molecular weight is 668 g/mol. The number of nitrogens with zero attached hydrogens (tertiary/aromatic N) is 3. The van der Waals surface area contributed by atoms with Gasteiger partial charge in [0, 0.05) is 24.9 Å². The summed E-state index contributed by atoms with van der Waals surface area (Å²) < 4.78 is 63.2. The van der Waals surface area contributed by atoms with Crippen LogP contribution in [-0.2, 0) is 18.9 Å². The lowest BCUT2D eigenvalue weighted by Gasteiger charge is -2.54. The van der Waals surface area contributed by atoms with Crippen molar-refractivity contribution in [2.24, 2.45) is 0 Å². The molecular formula is C34H35F2N3O9. The second-order valence-electron chi connectivity index (χ2n) is 11.4. The molecule has 2 bridgehead atoms. The van der Waals surface area contributed by atoms with Crippen molar-refractivity contribution in [2.45, 2.75) is 30.8 Å². The fourth-order valence-corrected chi connectivity index (χ4v) is 6.14. The van der Waals surface area contributed by atoms with Crippen molar-refractivity contribution >= 4 is 12.1 Å². The maximum Gasteiger partial charge on any atom is 0.511 e. The minimum atomic E-state index is -1.14. The molecule has 3 heterocycles. The van der Waals surface area contributed by atoms with Gasteiger partial charge in [0.15, 0.2) is 17.3 Å². The first kappa shape index (κ1) is 33.0. The number of methoxy groups -OCH3 is 1. The Morgan fingerprint density at radius 3 is 2.54 bits per heavy atom. The van der Waals surface area contributed by atoms with Gasteiger partial charge in [0.05, 0.1) is 25.4 Å². The van der Waals surface area contributed by atoms with Gasteiger partial charge in [-0.3, -0.25) is 19.3 Å². The quantitative estimate of drug-likeness (QED) is 0.134. The van der Waals surface area contributed by atoms with E-state index in [1.54, 1.807) is 16.0 Å². The number of carbonyl (C=O) groups excluding carboxylic acids is 2. The van der Waals surface area contributed by atoms with Crippen LogP contribution in [0.15, 0.2) is 71.7 Å². The Morgan fingerprint density at radius 2 is 1.79 bits per heavy atom. The Kier molecular flexibility index (Phi) is 9.92. The highest BCUT2D eigenvalue weighted by Crippen LogP contribution is 2.45. The lowest BCUT2D eigenvalue weighted by Crippen LogP contribution is -2.64. The van der Waals surface area contributed by atoms with Crippen LogP contribution in [0, 0.1) is 11.6 Å². The normalized spacial score (nSPS) is 18.5. The van der Waals surface area contributed by atoms with Gasteiger partial charge in [-0.15, -0.1) is 0 Å². The van der Waals surface area contributed by atoms with E-state index in [-0.39, 0.29) is 43.7 Å². The van der Waals surface area contributed by atoms with E-state index < -0.39 is 47.5 Å². The van der Waals surface area contributed by atoms with E-state index in [0.29, 0.717) is 37.2 Å². The molecular weight excluding hydrogens is 632 g/mol. The molecule has 48 heavy (non-hydrogen) atoms. The fraction of sp³-hybridized carbons (Fsp3) is 0.382. The molecule has 14 heteroatoms. The summed E-state index contributed by atoms with van der Waals surface area (Å²) in [4.78, 5) is 41.5. The van der Waals surface area contributed by atoms with Crippen LogP contribution >= 0.6 is 0 Å². The summed E-state index contributed by atoms with van der Waals surface area (Å²) in [5, 5.41) is 1.77. The van der Waals surface area contributed by atoms with Gasteiger partial charge in [-0.05, 0) is 43.0 Å². The van der Waals surface area contributed by atoms with Crippen LogP contribution in [0.4, 0.5) is 13.6 Å². The molecule has 254 valence electrons. The second-order valence-corrected chi connectivity index (χ2v) is 11.4. The van der Waals surface area contributed by atoms with Gasteiger partial charge in [0.2, 0.25) is 23.8 Å². The molecule has 2 aromatic carbocycles. The molecule has 1 fully saturated rings. The summed E-state index contributed by atoms with van der Waals surface area (Å²) in [6, 6.07) is 12.0. The molecule has 12 nitrogen and oxygen atoms in total. The van der Waals surface area contributed by atoms with Crippen molar-refractivity contribution in [1.29, 1.82) is 0 Å². The highest BCUT2D eigenvalue weighted by molar-refractivity contribution is 5.97. The van der Waals surface area contributed by atoms with Crippen molar-refractivity contribution in [3.05, 3.63) is 106 Å². The van der Waals surface area contributed by atoms with Crippen LogP contribution in [0.25, 0.3) is 0 Å². The first-order chi connectivity index (χ1) is 23.3. The number of hydrogen-bond acceptors (Lipinski definition) is 10. The zero-order chi connectivity index (χ0) is 33.7. The molecule has 1 atom stereocenters. The summed E-state index contributed by atoms with van der Waals surface area (Å²) in [5.41, 5.74) is -0.503. The Morgan fingerprint density at radius 1 is 1.00 bits per heavy atom. The van der Waals surface area contributed by atoms with Crippen LogP contribution in [0.5, 0.6) is 11.5 Å². The topological polar surface area (TPSA) is 118 Å². The number of amides is 1. The summed E-state index contributed by atoms with van der Waals surface area (Å²) >= 11 is 0. The zero-order valence-electron chi connectivity index (χ0n) is 26.3. The third kappa shape index (κ3) is 6.45. The third-order valence-electron chi connectivity index (χ3n) is 8.60. The molecule has 1 aromatic heterocycles. The Balaban J connectivity index is 1.39. The van der Waals surface area contributed by atoms with Crippen LogP contribution in [0.3, 0.4) is 0 Å². The first-order valence-electron chi connectivity index (χ1n) is 15.5. The maximum atomic E-state index is 15.5. The molecule has 0 N–H and O–H groups in total. The Bertz CT molecular complexity index is 1730. The van der Waals surface area contributed by atoms with Gasteiger partial charge < -0.3 is 33.3 Å². The highest BCUT2D eigenvalue weighted by atomic mass is 19.2. The average Bonchev–Trinajstić information content (AvgIpc) is 3.09. The maximum absolute atomic E-state index is 15.5. The zero-order valence-corrected chi connectivity index (χ0v) is 26.3. The summed E-state index contributed by atoms with van der Waals surface area (Å²) in [6.07, 6.45) is 6.02. The van der Waals surface area contributed by atoms with Crippen LogP contribution in [0.1, 0.15) is 46.9 Å². The molecule has 3 aromatic rings. The van der Waals surface area contributed by atoms with Crippen LogP contribution < -0.4 is 19.9 Å². The molecule has 6 rings (SSSR count). The number of benzene rings is 2. The van der Waals surface area contributed by atoms with Crippen molar-refractivity contribution in [3.8, 4) is 11.5 Å². The summed E-state index contributed by atoms with van der Waals surface area (Å²) in [6.45, 7) is -0.0115. The van der Waals surface area contributed by atoms with Crippen LogP contribution in [-0.4, -0.2) is 80.8 Å². The van der Waals surface area contributed by atoms with Gasteiger partial charge in [-0.25, -0.2) is 9.18 Å². The minimum absolute atomic E-state index is 0.0196. The van der Waals surface area contributed by atoms with Gasteiger partial charge in [0.25, 0.3) is 5.91 Å². The van der Waals surface area contributed by atoms with E-state index in [0.717, 1.165) is 12.5 Å². The molecule has 0 unspecified atom stereocenters. The third-order valence-corrected chi connectivity index (χ3v) is 8.60. The lowest BCUT2D eigenvalue weighted by molar-refractivity contribution is -0.0132. The molecule has 1 aliphatic carbocycles. The minimum Gasteiger partial charge on any atom is -0.486 e. The number of aromatic nitrogens is 1. The molecule has 0 radical (unpaired) electrons. The predicted molar refractivity (Wildman–Crippen MR) is 166 cm³/mol. The smallest absolute Gasteiger partial charge is 0.486 e. The Labute approximate surface area is 274 Å². The van der Waals surface area contributed by atoms with E-state index in [1.807, 2.05) is 36.4 Å². The van der Waals surface area contributed by atoms with E-state index in [1.165, 1.54) is 30.1 Å². The van der Waals surface area contributed by atoms with Crippen molar-refractivity contribution < 1.29 is 46.8 Å². The number of carbonyl (C=O) groups is 2. The molecule has 0 saturated heterocycles. The largest absolute Gasteiger partial charge is 0.511 e. The second kappa shape index (κ2) is 14.4. The van der Waals surface area contributed by atoms with Crippen LogP contribution in [0.2, 0.25) is 0 Å². The molecule has 1 saturated carbocycles. The fourth-order valence-electron chi connectivity index (χ4n) is 6.14. The summed E-state index contributed by atoms with van der Waals surface area (Å²) in [7, 11) is 1.54. The van der Waals surface area contributed by atoms with Crippen molar-refractivity contribution in [3.63, 3.8) is 0 Å². The Hall–Kier alpha value is -4.95. The summed E-state index contributed by atoms with van der Waals surface area (Å²) in [5.74, 6) is -3.32. The predicted octanol–water partition coefficient (Wildman–Crippen LogP) is 4.29. The van der Waals surface area contributed by atoms with E-state index >= 15 is 4.39 Å². The lowest BCUT2D eigenvalue weighted by atomic mass is 9.74. The number of hydrogen-bond donors (Lipinski definition) is 0. The number of pyridine rings is 1. The highest BCUT2D eigenvalue weighted by Gasteiger charge is 2.49. The number of fused-ring (bicyclic) bond motifs is 6. The standard InChI is InChI=1S/C34H35F2N3O9/c1-43-17-18-44-19-20-46-33(42)48-22-47-31-26(40)11-15-38-29(31)32(41)37-21-39(38)28(23-7-3-2-4-8-23)24-9-10-25(35)27(36)30(24)45-16-6-14-34(37)12-5-13-34/h2-4,6-11,14-15,28H,5,12-13,16-22H2,1H3/b14-6+/t28-/m1/s1. The van der Waals surface area contributed by atoms with Gasteiger partial charge in [-0.2, -0.15) is 4.39 Å². The van der Waals surface area contributed by atoms with Crippen molar-refractivity contribution in [1.82, 2.24) is 9.58 Å². The van der Waals surface area contributed by atoms with E-state index in [9.17, 15) is 18.8 Å². The molecule has 1 amide bonds.